The van der Waals surface area contributed by atoms with Gasteiger partial charge < -0.3 is 0 Å². The van der Waals surface area contributed by atoms with Crippen molar-refractivity contribution >= 4 is 11.0 Å². The predicted molar refractivity (Wildman–Crippen MR) is 68.3 cm³/mol. The van der Waals surface area contributed by atoms with Crippen LogP contribution in [0.25, 0.3) is 4.85 Å². The smallest absolute Gasteiger partial charge is 0.290 e. The lowest BCUT2D eigenvalue weighted by Crippen LogP contribution is -2.43. The van der Waals surface area contributed by atoms with Gasteiger partial charge in [-0.15, -0.1) is 0 Å². The number of hydrogen-bond donors (Lipinski definition) is 1. The fourth-order valence-corrected chi connectivity index (χ4v) is 2.71. The quantitative estimate of drug-likeness (QED) is 0.791. The summed E-state index contributed by atoms with van der Waals surface area (Å²) in [5.74, 6) is -2.72. The van der Waals surface area contributed by atoms with E-state index in [9.17, 15) is 13.0 Å². The van der Waals surface area contributed by atoms with E-state index in [0.717, 1.165) is 0 Å². The second kappa shape index (κ2) is 5.62. The van der Waals surface area contributed by atoms with Crippen LogP contribution in [0.15, 0.2) is 0 Å². The maximum Gasteiger partial charge on any atom is 0.290 e. The van der Waals surface area contributed by atoms with Crippen LogP contribution in [0.2, 0.25) is 0 Å². The molecule has 0 aromatic rings. The monoisotopic (exact) mass is 278 g/mol. The van der Waals surface area contributed by atoms with Gasteiger partial charge in [-0.25, -0.2) is 19.6 Å². The van der Waals surface area contributed by atoms with Crippen LogP contribution >= 0.6 is 0 Å². The molecule has 104 valence electrons. The molecule has 6 heteroatoms. The maximum atomic E-state index is 13.0. The summed E-state index contributed by atoms with van der Waals surface area (Å²) < 4.78 is 40.3. The summed E-state index contributed by atoms with van der Waals surface area (Å²) >= 11 is 0. The van der Waals surface area contributed by atoms with Crippen molar-refractivity contribution in [2.24, 2.45) is 5.92 Å². The number of hydrogen-bond acceptors (Lipinski definition) is 1. The third kappa shape index (κ3) is 4.29. The van der Waals surface area contributed by atoms with Gasteiger partial charge in [0, 0.05) is 12.8 Å². The van der Waals surface area contributed by atoms with Crippen LogP contribution in [-0.4, -0.2) is 21.0 Å². The van der Waals surface area contributed by atoms with Crippen LogP contribution in [0.4, 0.5) is 8.78 Å². The van der Waals surface area contributed by atoms with Gasteiger partial charge in [-0.3, -0.25) is 4.85 Å². The Balaban J connectivity index is 2.59. The van der Waals surface area contributed by atoms with Crippen molar-refractivity contribution in [2.75, 3.05) is 0 Å². The molecule has 1 saturated carbocycles. The summed E-state index contributed by atoms with van der Waals surface area (Å²) in [7, 11) is -1.34. The third-order valence-corrected chi connectivity index (χ3v) is 4.70. The molecule has 1 N–H and O–H groups in total. The van der Waals surface area contributed by atoms with Crippen LogP contribution < -0.4 is 4.72 Å². The predicted octanol–water partition coefficient (Wildman–Crippen LogP) is 3.11. The fourth-order valence-electron chi connectivity index (χ4n) is 1.89. The molecule has 0 amide bonds. The van der Waals surface area contributed by atoms with Gasteiger partial charge in [0.05, 0.1) is 10.7 Å². The second-order valence-electron chi connectivity index (χ2n) is 5.77. The molecular weight excluding hydrogens is 258 g/mol. The molecule has 0 spiro atoms. The first-order valence-corrected chi connectivity index (χ1v) is 7.23. The normalized spacial score (nSPS) is 24.2. The van der Waals surface area contributed by atoms with Gasteiger partial charge in [0.25, 0.3) is 6.17 Å². The van der Waals surface area contributed by atoms with Crippen LogP contribution in [0.3, 0.4) is 0 Å². The molecule has 0 aromatic carbocycles. The number of rotatable bonds is 3. The van der Waals surface area contributed by atoms with E-state index in [2.05, 4.69) is 9.57 Å². The minimum absolute atomic E-state index is 0.131. The van der Waals surface area contributed by atoms with E-state index in [4.69, 9.17) is 6.57 Å². The third-order valence-electron chi connectivity index (χ3n) is 3.13. The molecule has 1 rings (SSSR count). The van der Waals surface area contributed by atoms with Crippen molar-refractivity contribution in [1.82, 2.24) is 4.72 Å². The molecule has 3 nitrogen and oxygen atoms in total. The highest BCUT2D eigenvalue weighted by Gasteiger charge is 2.41. The van der Waals surface area contributed by atoms with Gasteiger partial charge >= 0.3 is 0 Å². The Bertz CT molecular complexity index is 350. The molecule has 0 unspecified atom stereocenters. The van der Waals surface area contributed by atoms with E-state index < -0.39 is 27.8 Å². The second-order valence-corrected chi connectivity index (χ2v) is 7.76. The minimum Gasteiger partial charge on any atom is -0.295 e. The molecule has 0 radical (unpaired) electrons. The molecule has 18 heavy (non-hydrogen) atoms. The highest BCUT2D eigenvalue weighted by Crippen LogP contribution is 2.37. The first-order valence-electron chi connectivity index (χ1n) is 6.08. The molecular formula is C12H20F2N2OS. The SMILES string of the molecule is [C-]#[N+][C@@H](N[S@@](=O)C(C)(C)C)C1CCC(F)(F)CC1. The molecule has 0 saturated heterocycles. The van der Waals surface area contributed by atoms with Crippen LogP contribution in [-0.2, 0) is 11.0 Å². The number of nitrogens with one attached hydrogen (secondary N) is 1. The van der Waals surface area contributed by atoms with E-state index in [-0.39, 0.29) is 18.8 Å². The van der Waals surface area contributed by atoms with Gasteiger partial charge in [-0.2, -0.15) is 4.72 Å². The molecule has 0 bridgehead atoms. The summed E-state index contributed by atoms with van der Waals surface area (Å²) in [6.45, 7) is 12.6. The molecule has 0 aliphatic heterocycles. The molecule has 0 aromatic heterocycles. The zero-order valence-corrected chi connectivity index (χ0v) is 11.8. The van der Waals surface area contributed by atoms with Gasteiger partial charge in [0.1, 0.15) is 11.0 Å². The Morgan fingerprint density at radius 2 is 1.89 bits per heavy atom. The molecule has 2 atom stereocenters. The van der Waals surface area contributed by atoms with E-state index in [1.54, 1.807) is 0 Å². The van der Waals surface area contributed by atoms with E-state index in [0.29, 0.717) is 12.8 Å². The van der Waals surface area contributed by atoms with Crippen molar-refractivity contribution < 1.29 is 13.0 Å². The van der Waals surface area contributed by atoms with Crippen molar-refractivity contribution in [3.63, 3.8) is 0 Å². The first kappa shape index (κ1) is 15.5. The summed E-state index contributed by atoms with van der Waals surface area (Å²) in [5, 5.41) is 0. The Kier molecular flexibility index (Phi) is 4.84. The lowest BCUT2D eigenvalue weighted by Gasteiger charge is -2.29. The highest BCUT2D eigenvalue weighted by atomic mass is 32.2. The lowest BCUT2D eigenvalue weighted by molar-refractivity contribution is -0.0472. The van der Waals surface area contributed by atoms with E-state index in [1.807, 2.05) is 20.8 Å². The Morgan fingerprint density at radius 1 is 1.39 bits per heavy atom. The summed E-state index contributed by atoms with van der Waals surface area (Å²) in [6, 6.07) is 0. The zero-order chi connectivity index (χ0) is 14.0. The lowest BCUT2D eigenvalue weighted by atomic mass is 9.85. The Hall–Kier alpha value is -0.540. The van der Waals surface area contributed by atoms with Crippen molar-refractivity contribution in [3.8, 4) is 0 Å². The van der Waals surface area contributed by atoms with Crippen LogP contribution in [0, 0.1) is 12.5 Å². The maximum absolute atomic E-state index is 13.0. The van der Waals surface area contributed by atoms with Crippen molar-refractivity contribution in [1.29, 1.82) is 0 Å². The highest BCUT2D eigenvalue weighted by molar-refractivity contribution is 7.84. The largest absolute Gasteiger partial charge is 0.295 e. The van der Waals surface area contributed by atoms with Crippen molar-refractivity contribution in [2.45, 2.75) is 63.3 Å². The fraction of sp³-hybridized carbons (Fsp3) is 0.917. The Morgan fingerprint density at radius 3 is 2.28 bits per heavy atom. The van der Waals surface area contributed by atoms with Crippen LogP contribution in [0.5, 0.6) is 0 Å². The summed E-state index contributed by atoms with van der Waals surface area (Å²) in [6.07, 6.45) is -0.342. The molecule has 0 heterocycles. The number of alkyl halides is 2. The van der Waals surface area contributed by atoms with E-state index >= 15 is 0 Å². The standard InChI is InChI=1S/C12H20F2N2OS/c1-11(2,3)18(17)16-10(15-4)9-5-7-12(13,14)8-6-9/h9-10,16H,5-8H2,1-3H3/t10-,18-/m0/s1. The minimum atomic E-state index is -2.59. The topological polar surface area (TPSA) is 33.5 Å². The summed E-state index contributed by atoms with van der Waals surface area (Å²) in [5.41, 5.74) is 0. The molecule has 1 aliphatic carbocycles. The molecule has 1 aliphatic rings. The average molecular weight is 278 g/mol. The van der Waals surface area contributed by atoms with Gasteiger partial charge in [-0.05, 0) is 33.6 Å². The number of halogens is 2. The van der Waals surface area contributed by atoms with Gasteiger partial charge in [0.15, 0.2) is 0 Å². The van der Waals surface area contributed by atoms with Gasteiger partial charge in [0.2, 0.25) is 5.92 Å². The summed E-state index contributed by atoms with van der Waals surface area (Å²) in [4.78, 5) is 3.41. The Labute approximate surface area is 110 Å². The number of nitrogens with zero attached hydrogens (tertiary/aromatic N) is 1. The van der Waals surface area contributed by atoms with Crippen molar-refractivity contribution in [3.05, 3.63) is 11.4 Å². The van der Waals surface area contributed by atoms with Crippen LogP contribution in [0.1, 0.15) is 46.5 Å². The van der Waals surface area contributed by atoms with Gasteiger partial charge in [-0.1, -0.05) is 0 Å². The van der Waals surface area contributed by atoms with E-state index in [1.165, 1.54) is 0 Å². The zero-order valence-electron chi connectivity index (χ0n) is 11.0. The average Bonchev–Trinajstić information content (AvgIpc) is 2.24. The molecule has 1 fully saturated rings. The first-order chi connectivity index (χ1) is 8.15.